The molecule has 8 aromatic rings. The molecule has 5 heteroatoms. The molecule has 0 radical (unpaired) electrons. The quantitative estimate of drug-likeness (QED) is 0.0843. The predicted octanol–water partition coefficient (Wildman–Crippen LogP) is 11.7. The van der Waals surface area contributed by atoms with Gasteiger partial charge in [-0.25, -0.2) is 0 Å². The molecule has 2 heterocycles. The number of aromatic nitrogens is 1. The molecule has 2 aromatic heterocycles. The number of aryl methyl sites for hydroxylation is 1. The van der Waals surface area contributed by atoms with Crippen molar-refractivity contribution >= 4 is 64.7 Å². The van der Waals surface area contributed by atoms with E-state index in [2.05, 4.69) is 181 Å². The van der Waals surface area contributed by atoms with Crippen molar-refractivity contribution in [2.45, 2.75) is 26.4 Å². The van der Waals surface area contributed by atoms with Gasteiger partial charge in [0.1, 0.15) is 12.0 Å². The summed E-state index contributed by atoms with van der Waals surface area (Å²) in [5.41, 5.74) is 10.7. The second kappa shape index (κ2) is 13.4. The van der Waals surface area contributed by atoms with E-state index in [1.54, 1.807) is 11.3 Å². The minimum absolute atomic E-state index is 0.300. The van der Waals surface area contributed by atoms with Gasteiger partial charge in [0.2, 0.25) is 0 Å². The summed E-state index contributed by atoms with van der Waals surface area (Å²) in [4.78, 5) is 0. The molecule has 52 heavy (non-hydrogen) atoms. The molecule has 0 amide bonds. The lowest BCUT2D eigenvalue weighted by Gasteiger charge is -2.27. The van der Waals surface area contributed by atoms with Crippen LogP contribution in [0.3, 0.4) is 0 Å². The van der Waals surface area contributed by atoms with Gasteiger partial charge in [0.25, 0.3) is 0 Å². The molecule has 0 aliphatic heterocycles. The van der Waals surface area contributed by atoms with E-state index in [0.717, 1.165) is 23.2 Å². The fourth-order valence-corrected chi connectivity index (χ4v) is 9.08. The highest BCUT2D eigenvalue weighted by Crippen LogP contribution is 2.37. The first-order chi connectivity index (χ1) is 25.5. The summed E-state index contributed by atoms with van der Waals surface area (Å²) in [7, 11) is 0. The number of para-hydroxylation sites is 2. The molecule has 3 N–H and O–H groups in total. The van der Waals surface area contributed by atoms with Crippen LogP contribution in [0, 0.1) is 18.3 Å². The van der Waals surface area contributed by atoms with Gasteiger partial charge in [0.15, 0.2) is 0 Å². The summed E-state index contributed by atoms with van der Waals surface area (Å²) in [6.07, 6.45) is 5.32. The van der Waals surface area contributed by atoms with Gasteiger partial charge in [-0.05, 0) is 95.6 Å². The Morgan fingerprint density at radius 1 is 0.750 bits per heavy atom. The molecular formula is C47H40N4S. The second-order valence-electron chi connectivity index (χ2n) is 13.9. The van der Waals surface area contributed by atoms with Crippen LogP contribution in [0.1, 0.15) is 41.8 Å². The molecule has 6 aromatic carbocycles. The van der Waals surface area contributed by atoms with E-state index in [-0.39, 0.29) is 6.17 Å². The predicted molar refractivity (Wildman–Crippen MR) is 222 cm³/mol. The van der Waals surface area contributed by atoms with Gasteiger partial charge in [-0.2, -0.15) is 0 Å². The Morgan fingerprint density at radius 3 is 2.15 bits per heavy atom. The summed E-state index contributed by atoms with van der Waals surface area (Å²) in [5.74, 6) is 0.812. The maximum absolute atomic E-state index is 9.36. The van der Waals surface area contributed by atoms with Crippen LogP contribution in [0.2, 0.25) is 0 Å². The Balaban J connectivity index is 1.08. The Morgan fingerprint density at radius 2 is 1.40 bits per heavy atom. The molecule has 0 saturated carbocycles. The summed E-state index contributed by atoms with van der Waals surface area (Å²) in [5, 5.41) is 21.8. The van der Waals surface area contributed by atoms with Crippen LogP contribution in [0.4, 0.5) is 0 Å². The van der Waals surface area contributed by atoms with Crippen molar-refractivity contribution in [2.75, 3.05) is 6.54 Å². The van der Waals surface area contributed by atoms with Crippen molar-refractivity contribution in [3.63, 3.8) is 0 Å². The zero-order valence-electron chi connectivity index (χ0n) is 29.4. The number of thiophene rings is 1. The van der Waals surface area contributed by atoms with E-state index < -0.39 is 0 Å². The number of hydrogen-bond donors (Lipinski definition) is 3. The lowest BCUT2D eigenvalue weighted by atomic mass is 9.82. The third kappa shape index (κ3) is 5.72. The summed E-state index contributed by atoms with van der Waals surface area (Å²) in [6.45, 7) is 5.20. The molecule has 2 atom stereocenters. The van der Waals surface area contributed by atoms with Gasteiger partial charge in [0, 0.05) is 48.7 Å². The van der Waals surface area contributed by atoms with E-state index >= 15 is 0 Å². The fourth-order valence-electron chi connectivity index (χ4n) is 8.00. The number of fused-ring (bicyclic) bond motifs is 6. The fraction of sp³-hybridized carbons (Fsp3) is 0.128. The Labute approximate surface area is 308 Å². The van der Waals surface area contributed by atoms with Gasteiger partial charge in [-0.3, -0.25) is 10.7 Å². The second-order valence-corrected chi connectivity index (χ2v) is 15.0. The summed E-state index contributed by atoms with van der Waals surface area (Å²) in [6, 6.07) is 49.7. The van der Waals surface area contributed by atoms with Gasteiger partial charge in [-0.15, -0.1) is 11.3 Å². The molecule has 9 rings (SSSR count). The van der Waals surface area contributed by atoms with E-state index in [4.69, 9.17) is 0 Å². The molecule has 0 saturated heterocycles. The minimum atomic E-state index is -0.300. The van der Waals surface area contributed by atoms with E-state index in [1.807, 2.05) is 0 Å². The molecule has 4 nitrogen and oxygen atoms in total. The van der Waals surface area contributed by atoms with Crippen LogP contribution >= 0.6 is 11.3 Å². The molecule has 1 aliphatic rings. The number of allylic oxidation sites excluding steroid dienone is 2. The van der Waals surface area contributed by atoms with Crippen LogP contribution in [0.5, 0.6) is 0 Å². The minimum Gasteiger partial charge on any atom is -0.351 e. The maximum Gasteiger partial charge on any atom is 0.126 e. The molecular weight excluding hydrogens is 653 g/mol. The average molecular weight is 693 g/mol. The lowest BCUT2D eigenvalue weighted by Crippen LogP contribution is -2.39. The van der Waals surface area contributed by atoms with Crippen LogP contribution in [0.15, 0.2) is 157 Å². The zero-order chi connectivity index (χ0) is 35.2. The largest absolute Gasteiger partial charge is 0.351 e. The zero-order valence-corrected chi connectivity index (χ0v) is 30.2. The number of rotatable bonds is 8. The van der Waals surface area contributed by atoms with Gasteiger partial charge in [0.05, 0.1) is 11.0 Å². The van der Waals surface area contributed by atoms with Gasteiger partial charge >= 0.3 is 0 Å². The highest BCUT2D eigenvalue weighted by atomic mass is 32.1. The smallest absolute Gasteiger partial charge is 0.126 e. The van der Waals surface area contributed by atoms with Gasteiger partial charge in [-0.1, -0.05) is 110 Å². The lowest BCUT2D eigenvalue weighted by molar-refractivity contribution is 0.529. The molecule has 254 valence electrons. The number of benzene rings is 6. The summed E-state index contributed by atoms with van der Waals surface area (Å²) >= 11 is 1.80. The first kappa shape index (κ1) is 32.2. The van der Waals surface area contributed by atoms with Crippen LogP contribution < -0.4 is 10.6 Å². The van der Waals surface area contributed by atoms with Crippen molar-refractivity contribution in [1.82, 2.24) is 15.2 Å². The Bertz CT molecular complexity index is 2640. The van der Waals surface area contributed by atoms with Crippen molar-refractivity contribution in [3.8, 4) is 5.69 Å². The third-order valence-electron chi connectivity index (χ3n) is 10.6. The SMILES string of the molecule is Cc1ccccc1C1=C(CNC(NC(=N)c2ccc3sc4ccccc4c3c2)c2ccc(-n3c4ccccc4c4ccccc43)cc2)C=CCC1C. The first-order valence-corrected chi connectivity index (χ1v) is 18.9. The van der Waals surface area contributed by atoms with Crippen LogP contribution in [-0.2, 0) is 0 Å². The summed E-state index contributed by atoms with van der Waals surface area (Å²) < 4.78 is 4.85. The third-order valence-corrected chi connectivity index (χ3v) is 11.7. The number of hydrogen-bond acceptors (Lipinski definition) is 3. The van der Waals surface area contributed by atoms with E-state index in [9.17, 15) is 5.41 Å². The highest BCUT2D eigenvalue weighted by Gasteiger charge is 2.22. The standard InChI is InChI=1S/C47H40N4S/c1-30-12-3-4-15-36(30)45-31(2)13-11-14-34(45)29-49-47(50-46(48)33-24-27-44-40(28-33)39-18-7-10-21-43(39)52-44)32-22-25-35(26-23-32)51-41-19-8-5-16-37(41)38-17-6-9-20-42(38)51/h3-12,14-28,31,47,49H,13,29H2,1-2H3,(H2,48,50). The molecule has 0 bridgehead atoms. The molecule has 0 fully saturated rings. The molecule has 1 aliphatic carbocycles. The van der Waals surface area contributed by atoms with Crippen molar-refractivity contribution in [1.29, 1.82) is 5.41 Å². The van der Waals surface area contributed by atoms with Crippen LogP contribution in [0.25, 0.3) is 53.2 Å². The Kier molecular flexibility index (Phi) is 8.31. The van der Waals surface area contributed by atoms with Crippen molar-refractivity contribution in [2.24, 2.45) is 5.92 Å². The van der Waals surface area contributed by atoms with Crippen molar-refractivity contribution in [3.05, 3.63) is 180 Å². The number of nitrogens with zero attached hydrogens (tertiary/aromatic N) is 1. The van der Waals surface area contributed by atoms with E-state index in [0.29, 0.717) is 18.3 Å². The Hall–Kier alpha value is -5.75. The van der Waals surface area contributed by atoms with E-state index in [1.165, 1.54) is 64.3 Å². The number of nitrogens with one attached hydrogen (secondary N) is 3. The van der Waals surface area contributed by atoms with Crippen LogP contribution in [-0.4, -0.2) is 16.9 Å². The van der Waals surface area contributed by atoms with Gasteiger partial charge < -0.3 is 9.88 Å². The maximum atomic E-state index is 9.36. The average Bonchev–Trinajstić information content (AvgIpc) is 3.72. The highest BCUT2D eigenvalue weighted by molar-refractivity contribution is 7.25. The molecule has 0 spiro atoms. The monoisotopic (exact) mass is 692 g/mol. The topological polar surface area (TPSA) is 52.8 Å². The molecule has 2 unspecified atom stereocenters. The van der Waals surface area contributed by atoms with Crippen molar-refractivity contribution < 1.29 is 0 Å². The number of amidine groups is 1. The normalized spacial score (nSPS) is 15.2. The first-order valence-electron chi connectivity index (χ1n) is 18.1.